The molecule has 0 N–H and O–H groups in total. The van der Waals surface area contributed by atoms with E-state index in [4.69, 9.17) is 14.2 Å². The maximum Gasteiger partial charge on any atom is 0.305 e. The Morgan fingerprint density at radius 3 is 1.94 bits per heavy atom. The van der Waals surface area contributed by atoms with Gasteiger partial charge in [0.05, 0.1) is 31.0 Å². The Morgan fingerprint density at radius 1 is 0.688 bits per heavy atom. The largest absolute Gasteiger partial charge is 0.465 e. The Kier molecular flexibility index (Phi) is 14.6. The van der Waals surface area contributed by atoms with Gasteiger partial charge in [-0.2, -0.15) is 0 Å². The number of rotatable bonds is 22. The van der Waals surface area contributed by atoms with Crippen molar-refractivity contribution in [3.05, 3.63) is 0 Å². The number of hydrogen-bond acceptors (Lipinski definition) is 4. The highest BCUT2D eigenvalue weighted by molar-refractivity contribution is 5.69. The van der Waals surface area contributed by atoms with Crippen LogP contribution in [0.3, 0.4) is 0 Å². The van der Waals surface area contributed by atoms with Gasteiger partial charge in [0.15, 0.2) is 0 Å². The molecule has 188 valence electrons. The summed E-state index contributed by atoms with van der Waals surface area (Å²) in [6.07, 6.45) is 23.2. The van der Waals surface area contributed by atoms with Crippen molar-refractivity contribution in [2.75, 3.05) is 6.61 Å². The summed E-state index contributed by atoms with van der Waals surface area (Å²) in [5.74, 6) is 0.563. The monoisotopic (exact) mass is 452 g/mol. The van der Waals surface area contributed by atoms with Crippen LogP contribution in [-0.4, -0.2) is 37.0 Å². The van der Waals surface area contributed by atoms with Gasteiger partial charge in [-0.05, 0) is 38.0 Å². The number of unbranched alkanes of at least 4 members (excludes halogenated alkanes) is 8. The van der Waals surface area contributed by atoms with Crippen LogP contribution >= 0.6 is 0 Å². The average Bonchev–Trinajstić information content (AvgIpc) is 3.70. The van der Waals surface area contributed by atoms with Gasteiger partial charge in [0.2, 0.25) is 0 Å². The summed E-state index contributed by atoms with van der Waals surface area (Å²) in [5, 5.41) is 0. The second-order valence-electron chi connectivity index (χ2n) is 10.3. The van der Waals surface area contributed by atoms with E-state index in [0.29, 0.717) is 43.4 Å². The fourth-order valence-electron chi connectivity index (χ4n) is 4.94. The summed E-state index contributed by atoms with van der Waals surface area (Å²) < 4.78 is 17.2. The van der Waals surface area contributed by atoms with Gasteiger partial charge in [-0.1, -0.05) is 91.4 Å². The van der Waals surface area contributed by atoms with Crippen molar-refractivity contribution in [1.82, 2.24) is 0 Å². The molecule has 2 aliphatic rings. The van der Waals surface area contributed by atoms with Gasteiger partial charge < -0.3 is 14.2 Å². The minimum Gasteiger partial charge on any atom is -0.465 e. The van der Waals surface area contributed by atoms with Gasteiger partial charge in [0.1, 0.15) is 0 Å². The summed E-state index contributed by atoms with van der Waals surface area (Å²) in [5.41, 5.74) is 0. The third-order valence-corrected chi connectivity index (χ3v) is 7.19. The topological polar surface area (TPSA) is 51.4 Å². The highest BCUT2D eigenvalue weighted by atomic mass is 16.6. The van der Waals surface area contributed by atoms with E-state index in [1.54, 1.807) is 0 Å². The van der Waals surface area contributed by atoms with Gasteiger partial charge >= 0.3 is 5.97 Å². The van der Waals surface area contributed by atoms with Crippen LogP contribution in [-0.2, 0) is 19.0 Å². The van der Waals surface area contributed by atoms with Gasteiger partial charge in [-0.15, -0.1) is 0 Å². The molecule has 0 aromatic carbocycles. The molecule has 2 fully saturated rings. The summed E-state index contributed by atoms with van der Waals surface area (Å²) in [6, 6.07) is 0. The molecule has 0 amide bonds. The maximum absolute atomic E-state index is 12.0. The summed E-state index contributed by atoms with van der Waals surface area (Å²) in [6.45, 7) is 7.34. The standard InChI is InChI=1S/C28H52O4/c1-4-7-12-17-23(16-6-3)22-30-28(29)20-15-11-9-10-14-19-25-27(32-25)21-26-24(31-26)18-13-8-5-2/h23-27H,4-22H2,1-3H3. The zero-order valence-corrected chi connectivity index (χ0v) is 21.5. The second kappa shape index (κ2) is 16.9. The average molecular weight is 453 g/mol. The van der Waals surface area contributed by atoms with E-state index in [1.165, 1.54) is 89.9 Å². The zero-order chi connectivity index (χ0) is 23.0. The first-order valence-corrected chi connectivity index (χ1v) is 14.1. The molecule has 5 unspecified atom stereocenters. The predicted molar refractivity (Wildman–Crippen MR) is 132 cm³/mol. The second-order valence-corrected chi connectivity index (χ2v) is 10.3. The van der Waals surface area contributed by atoms with E-state index in [0.717, 1.165) is 19.3 Å². The fourth-order valence-corrected chi connectivity index (χ4v) is 4.94. The predicted octanol–water partition coefficient (Wildman–Crippen LogP) is 7.76. The number of hydrogen-bond donors (Lipinski definition) is 0. The van der Waals surface area contributed by atoms with Crippen molar-refractivity contribution in [3.8, 4) is 0 Å². The molecule has 5 atom stereocenters. The highest BCUT2D eigenvalue weighted by Crippen LogP contribution is 2.39. The van der Waals surface area contributed by atoms with Crippen LogP contribution in [0.2, 0.25) is 0 Å². The number of epoxide rings is 2. The first-order valence-electron chi connectivity index (χ1n) is 14.1. The van der Waals surface area contributed by atoms with Crippen LogP contribution in [0.5, 0.6) is 0 Å². The summed E-state index contributed by atoms with van der Waals surface area (Å²) in [4.78, 5) is 12.0. The molecule has 0 bridgehead atoms. The van der Waals surface area contributed by atoms with E-state index in [-0.39, 0.29) is 5.97 Å². The molecular weight excluding hydrogens is 400 g/mol. The Morgan fingerprint density at radius 2 is 1.28 bits per heavy atom. The van der Waals surface area contributed by atoms with Crippen molar-refractivity contribution in [2.24, 2.45) is 5.92 Å². The van der Waals surface area contributed by atoms with Gasteiger partial charge in [-0.25, -0.2) is 0 Å². The van der Waals surface area contributed by atoms with Crippen LogP contribution in [0.25, 0.3) is 0 Å². The van der Waals surface area contributed by atoms with Crippen LogP contribution in [0.15, 0.2) is 0 Å². The molecule has 2 saturated heterocycles. The van der Waals surface area contributed by atoms with E-state index in [1.807, 2.05) is 0 Å². The molecule has 2 aliphatic heterocycles. The number of esters is 1. The molecule has 4 nitrogen and oxygen atoms in total. The van der Waals surface area contributed by atoms with Crippen LogP contribution in [0.4, 0.5) is 0 Å². The van der Waals surface area contributed by atoms with E-state index in [9.17, 15) is 4.79 Å². The summed E-state index contributed by atoms with van der Waals surface area (Å²) in [7, 11) is 0. The van der Waals surface area contributed by atoms with Crippen molar-refractivity contribution in [3.63, 3.8) is 0 Å². The van der Waals surface area contributed by atoms with E-state index in [2.05, 4.69) is 20.8 Å². The molecule has 2 heterocycles. The van der Waals surface area contributed by atoms with E-state index >= 15 is 0 Å². The van der Waals surface area contributed by atoms with Crippen LogP contribution in [0, 0.1) is 5.92 Å². The SMILES string of the molecule is CCCCCC(CCC)COC(=O)CCCCCCCC1OC1CC1OC1CCCCC. The van der Waals surface area contributed by atoms with Crippen molar-refractivity contribution >= 4 is 5.97 Å². The highest BCUT2D eigenvalue weighted by Gasteiger charge is 2.47. The molecule has 2 rings (SSSR count). The van der Waals surface area contributed by atoms with Crippen LogP contribution in [0.1, 0.15) is 136 Å². The maximum atomic E-state index is 12.0. The van der Waals surface area contributed by atoms with Crippen LogP contribution < -0.4 is 0 Å². The molecule has 0 aromatic heterocycles. The van der Waals surface area contributed by atoms with E-state index < -0.39 is 0 Å². The fraction of sp³-hybridized carbons (Fsp3) is 0.964. The lowest BCUT2D eigenvalue weighted by molar-refractivity contribution is -0.145. The molecule has 0 aliphatic carbocycles. The summed E-state index contributed by atoms with van der Waals surface area (Å²) >= 11 is 0. The minimum atomic E-state index is 0.00566. The van der Waals surface area contributed by atoms with Crippen molar-refractivity contribution < 1.29 is 19.0 Å². The number of carbonyl (C=O) groups excluding carboxylic acids is 1. The molecular formula is C28H52O4. The Labute approximate surface area is 198 Å². The number of carbonyl (C=O) groups is 1. The smallest absolute Gasteiger partial charge is 0.305 e. The minimum absolute atomic E-state index is 0.00566. The first-order chi connectivity index (χ1) is 15.7. The Balaban J connectivity index is 1.36. The van der Waals surface area contributed by atoms with Crippen molar-refractivity contribution in [2.45, 2.75) is 161 Å². The molecule has 32 heavy (non-hydrogen) atoms. The van der Waals surface area contributed by atoms with Gasteiger partial charge in [0, 0.05) is 12.8 Å². The lowest BCUT2D eigenvalue weighted by atomic mass is 9.97. The number of ether oxygens (including phenoxy) is 3. The molecule has 0 aromatic rings. The molecule has 0 radical (unpaired) electrons. The third-order valence-electron chi connectivity index (χ3n) is 7.19. The lowest BCUT2D eigenvalue weighted by Crippen LogP contribution is -2.14. The molecule has 0 saturated carbocycles. The van der Waals surface area contributed by atoms with Gasteiger partial charge in [-0.3, -0.25) is 4.79 Å². The quantitative estimate of drug-likeness (QED) is 0.0956. The molecule has 0 spiro atoms. The first kappa shape index (κ1) is 27.6. The zero-order valence-electron chi connectivity index (χ0n) is 21.5. The Hall–Kier alpha value is -0.610. The third kappa shape index (κ3) is 12.6. The van der Waals surface area contributed by atoms with Gasteiger partial charge in [0.25, 0.3) is 0 Å². The normalized spacial score (nSPS) is 25.0. The molecule has 4 heteroatoms. The van der Waals surface area contributed by atoms with Crippen molar-refractivity contribution in [1.29, 1.82) is 0 Å². The lowest BCUT2D eigenvalue weighted by Gasteiger charge is -2.16. The Bertz CT molecular complexity index is 480.